The summed E-state index contributed by atoms with van der Waals surface area (Å²) in [7, 11) is 3.39. The van der Waals surface area contributed by atoms with Gasteiger partial charge in [-0.3, -0.25) is 9.36 Å². The van der Waals surface area contributed by atoms with Gasteiger partial charge in [-0.15, -0.1) is 0 Å². The number of anilines is 3. The SMILES string of the molecule is CNc1ncc(C#Cc2ccc(OC)cn2)c2cc(Nc3cccn(-c4ccccn4)c3=O)ncc12. The summed E-state index contributed by atoms with van der Waals surface area (Å²) in [6.45, 7) is 0. The Hall–Kier alpha value is -5.23. The molecule has 5 aromatic heterocycles. The van der Waals surface area contributed by atoms with Gasteiger partial charge in [-0.1, -0.05) is 12.0 Å². The van der Waals surface area contributed by atoms with Crippen LogP contribution in [0.5, 0.6) is 5.75 Å². The van der Waals surface area contributed by atoms with Gasteiger partial charge >= 0.3 is 0 Å². The molecule has 0 fully saturated rings. The zero-order chi connectivity index (χ0) is 24.9. The topological polar surface area (TPSA) is 107 Å². The Morgan fingerprint density at radius 2 is 1.83 bits per heavy atom. The van der Waals surface area contributed by atoms with E-state index >= 15 is 0 Å². The standard InChI is InChI=1S/C27H21N7O2/c1-28-26-22-17-31-24(33-23-6-5-13-34(27(23)35)25-7-3-4-12-29-25)14-21(22)18(15-32-26)8-9-19-10-11-20(36-2)16-30-19/h3-7,10-17H,1-2H3,(H,28,32)(H,31,33). The van der Waals surface area contributed by atoms with Crippen LogP contribution >= 0.6 is 0 Å². The van der Waals surface area contributed by atoms with Crippen LogP contribution in [0.25, 0.3) is 16.6 Å². The van der Waals surface area contributed by atoms with Crippen LogP contribution in [0.3, 0.4) is 0 Å². The maximum Gasteiger partial charge on any atom is 0.279 e. The molecule has 0 unspecified atom stereocenters. The molecule has 9 nitrogen and oxygen atoms in total. The molecule has 176 valence electrons. The largest absolute Gasteiger partial charge is 0.495 e. The summed E-state index contributed by atoms with van der Waals surface area (Å²) >= 11 is 0. The lowest BCUT2D eigenvalue weighted by molar-refractivity contribution is 0.413. The summed E-state index contributed by atoms with van der Waals surface area (Å²) in [6.07, 6.45) is 8.34. The van der Waals surface area contributed by atoms with E-state index < -0.39 is 0 Å². The second-order valence-corrected chi connectivity index (χ2v) is 7.63. The Balaban J connectivity index is 1.53. The van der Waals surface area contributed by atoms with Gasteiger partial charge in [0.15, 0.2) is 0 Å². The highest BCUT2D eigenvalue weighted by atomic mass is 16.5. The quantitative estimate of drug-likeness (QED) is 0.370. The highest BCUT2D eigenvalue weighted by molar-refractivity contribution is 5.96. The third-order valence-electron chi connectivity index (χ3n) is 5.41. The monoisotopic (exact) mass is 475 g/mol. The number of fused-ring (bicyclic) bond motifs is 1. The fraction of sp³-hybridized carbons (Fsp3) is 0.0741. The van der Waals surface area contributed by atoms with Crippen LogP contribution in [0, 0.1) is 11.8 Å². The molecule has 5 heterocycles. The molecule has 0 saturated carbocycles. The van der Waals surface area contributed by atoms with Gasteiger partial charge in [0.2, 0.25) is 0 Å². The molecule has 0 aliphatic carbocycles. The van der Waals surface area contributed by atoms with Gasteiger partial charge in [-0.2, -0.15) is 0 Å². The van der Waals surface area contributed by atoms with E-state index in [2.05, 4.69) is 42.4 Å². The van der Waals surface area contributed by atoms with Crippen molar-refractivity contribution in [3.63, 3.8) is 0 Å². The molecular formula is C27H21N7O2. The summed E-state index contributed by atoms with van der Waals surface area (Å²) in [4.78, 5) is 30.6. The van der Waals surface area contributed by atoms with Crippen LogP contribution in [0.4, 0.5) is 17.3 Å². The first-order valence-electron chi connectivity index (χ1n) is 11.0. The zero-order valence-electron chi connectivity index (χ0n) is 19.6. The average Bonchev–Trinajstić information content (AvgIpc) is 2.93. The molecule has 0 aliphatic heterocycles. The second kappa shape index (κ2) is 9.95. The molecule has 0 amide bonds. The van der Waals surface area contributed by atoms with Gasteiger partial charge in [-0.25, -0.2) is 19.9 Å². The Kier molecular flexibility index (Phi) is 6.23. The van der Waals surface area contributed by atoms with E-state index in [1.54, 1.807) is 81.5 Å². The van der Waals surface area contributed by atoms with E-state index in [1.807, 2.05) is 12.1 Å². The maximum absolute atomic E-state index is 13.1. The van der Waals surface area contributed by atoms with Gasteiger partial charge in [0.05, 0.1) is 18.9 Å². The number of hydrogen-bond acceptors (Lipinski definition) is 8. The lowest BCUT2D eigenvalue weighted by atomic mass is 10.1. The van der Waals surface area contributed by atoms with E-state index in [0.29, 0.717) is 40.1 Å². The lowest BCUT2D eigenvalue weighted by Crippen LogP contribution is -2.21. The van der Waals surface area contributed by atoms with Crippen molar-refractivity contribution >= 4 is 28.1 Å². The van der Waals surface area contributed by atoms with Crippen molar-refractivity contribution in [3.8, 4) is 23.4 Å². The van der Waals surface area contributed by atoms with Gasteiger partial charge in [-0.05, 0) is 48.4 Å². The minimum atomic E-state index is -0.241. The van der Waals surface area contributed by atoms with Crippen LogP contribution in [0.2, 0.25) is 0 Å². The van der Waals surface area contributed by atoms with E-state index in [4.69, 9.17) is 4.74 Å². The van der Waals surface area contributed by atoms with Crippen molar-refractivity contribution < 1.29 is 4.74 Å². The van der Waals surface area contributed by atoms with E-state index in [1.165, 1.54) is 4.57 Å². The number of aromatic nitrogens is 5. The minimum Gasteiger partial charge on any atom is -0.495 e. The van der Waals surface area contributed by atoms with Crippen LogP contribution < -0.4 is 20.9 Å². The highest BCUT2D eigenvalue weighted by Crippen LogP contribution is 2.26. The predicted molar refractivity (Wildman–Crippen MR) is 139 cm³/mol. The third kappa shape index (κ3) is 4.56. The number of rotatable bonds is 5. The first-order valence-corrected chi connectivity index (χ1v) is 11.0. The van der Waals surface area contributed by atoms with Gasteiger partial charge < -0.3 is 15.4 Å². The van der Waals surface area contributed by atoms with Crippen LogP contribution in [0.1, 0.15) is 11.3 Å². The number of methoxy groups -OCH3 is 1. The molecule has 36 heavy (non-hydrogen) atoms. The third-order valence-corrected chi connectivity index (χ3v) is 5.41. The number of ether oxygens (including phenoxy) is 1. The van der Waals surface area contributed by atoms with Gasteiger partial charge in [0.1, 0.15) is 34.6 Å². The van der Waals surface area contributed by atoms with Crippen molar-refractivity contribution in [2.45, 2.75) is 0 Å². The number of nitrogens with one attached hydrogen (secondary N) is 2. The molecule has 0 saturated heterocycles. The number of nitrogens with zero attached hydrogens (tertiary/aromatic N) is 5. The average molecular weight is 476 g/mol. The minimum absolute atomic E-state index is 0.241. The second-order valence-electron chi connectivity index (χ2n) is 7.63. The molecular weight excluding hydrogens is 454 g/mol. The van der Waals surface area contributed by atoms with E-state index in [0.717, 1.165) is 10.8 Å². The molecule has 5 aromatic rings. The summed E-state index contributed by atoms with van der Waals surface area (Å²) in [5.41, 5.74) is 1.43. The highest BCUT2D eigenvalue weighted by Gasteiger charge is 2.10. The van der Waals surface area contributed by atoms with Crippen LogP contribution in [-0.4, -0.2) is 38.7 Å². The van der Waals surface area contributed by atoms with Crippen LogP contribution in [-0.2, 0) is 0 Å². The first kappa shape index (κ1) is 22.6. The fourth-order valence-electron chi connectivity index (χ4n) is 3.61. The number of pyridine rings is 5. The Labute approximate surface area is 206 Å². The molecule has 0 radical (unpaired) electrons. The zero-order valence-corrected chi connectivity index (χ0v) is 19.6. The summed E-state index contributed by atoms with van der Waals surface area (Å²) in [5.74, 6) is 8.59. The molecule has 0 spiro atoms. The van der Waals surface area contributed by atoms with Crippen molar-refractivity contribution in [2.24, 2.45) is 0 Å². The molecule has 5 rings (SSSR count). The van der Waals surface area contributed by atoms with Crippen molar-refractivity contribution in [1.29, 1.82) is 0 Å². The molecule has 0 aromatic carbocycles. The van der Waals surface area contributed by atoms with E-state index in [9.17, 15) is 4.79 Å². The Morgan fingerprint density at radius 3 is 2.58 bits per heavy atom. The van der Waals surface area contributed by atoms with E-state index in [-0.39, 0.29) is 5.56 Å². The summed E-state index contributed by atoms with van der Waals surface area (Å²) in [5, 5.41) is 7.85. The van der Waals surface area contributed by atoms with Crippen LogP contribution in [0.15, 0.2) is 84.3 Å². The molecule has 0 atom stereocenters. The molecule has 9 heteroatoms. The molecule has 0 bridgehead atoms. The smallest absolute Gasteiger partial charge is 0.279 e. The normalized spacial score (nSPS) is 10.4. The van der Waals surface area contributed by atoms with Crippen molar-refractivity contribution in [1.82, 2.24) is 24.5 Å². The fourth-order valence-corrected chi connectivity index (χ4v) is 3.61. The lowest BCUT2D eigenvalue weighted by Gasteiger charge is -2.11. The predicted octanol–water partition coefficient (Wildman–Crippen LogP) is 3.76. The summed E-state index contributed by atoms with van der Waals surface area (Å²) < 4.78 is 6.63. The Morgan fingerprint density at radius 1 is 0.917 bits per heavy atom. The van der Waals surface area contributed by atoms with Crippen molar-refractivity contribution in [3.05, 3.63) is 101 Å². The van der Waals surface area contributed by atoms with Gasteiger partial charge in [0, 0.05) is 42.6 Å². The first-order chi connectivity index (χ1) is 17.7. The molecule has 2 N–H and O–H groups in total. The van der Waals surface area contributed by atoms with Crippen molar-refractivity contribution in [2.75, 3.05) is 24.8 Å². The molecule has 0 aliphatic rings. The van der Waals surface area contributed by atoms with Gasteiger partial charge in [0.25, 0.3) is 5.56 Å². The maximum atomic E-state index is 13.1. The Bertz CT molecular complexity index is 1650. The number of hydrogen-bond donors (Lipinski definition) is 2. The summed E-state index contributed by atoms with van der Waals surface area (Å²) in [6, 6.07) is 14.3.